The van der Waals surface area contributed by atoms with E-state index in [2.05, 4.69) is 19.6 Å². The van der Waals surface area contributed by atoms with Gasteiger partial charge in [-0.25, -0.2) is 13.4 Å². The van der Waals surface area contributed by atoms with Gasteiger partial charge in [0.2, 0.25) is 0 Å². The monoisotopic (exact) mass is 540 g/mol. The topological polar surface area (TPSA) is 117 Å². The number of nitrogens with one attached hydrogen (secondary N) is 1. The number of ether oxygens (including phenoxy) is 2. The van der Waals surface area contributed by atoms with Gasteiger partial charge in [-0.05, 0) is 30.3 Å². The zero-order chi connectivity index (χ0) is 27.1. The summed E-state index contributed by atoms with van der Waals surface area (Å²) in [6.07, 6.45) is 4.85. The maximum Gasteiger partial charge on any atom is 0.294 e. The molecule has 1 aromatic carbocycles. The van der Waals surface area contributed by atoms with Crippen LogP contribution in [0.25, 0.3) is 11.1 Å². The smallest absolute Gasteiger partial charge is 0.294 e. The van der Waals surface area contributed by atoms with E-state index in [-0.39, 0.29) is 11.6 Å². The molecule has 38 heavy (non-hydrogen) atoms. The molecule has 4 rings (SSSR count). The fourth-order valence-electron chi connectivity index (χ4n) is 4.14. The lowest BCUT2D eigenvalue weighted by Crippen LogP contribution is -2.36. The van der Waals surface area contributed by atoms with Gasteiger partial charge in [0.1, 0.15) is 17.4 Å². The van der Waals surface area contributed by atoms with Gasteiger partial charge in [0.15, 0.2) is 0 Å². The van der Waals surface area contributed by atoms with Crippen LogP contribution in [-0.4, -0.2) is 83.9 Å². The molecule has 2 aromatic heterocycles. The minimum absolute atomic E-state index is 0.0870. The SMILES string of the molecule is CN(COC=O)Cc1ccc(-c2cncc(NS(=O)(=O)c3cc(N4CCOCC4)cnc3N(C)C)c2)cc1. The average Bonchev–Trinajstić information content (AvgIpc) is 2.92. The van der Waals surface area contributed by atoms with Gasteiger partial charge in [-0.1, -0.05) is 24.3 Å². The van der Waals surface area contributed by atoms with Crippen LogP contribution in [0.15, 0.2) is 59.9 Å². The van der Waals surface area contributed by atoms with Gasteiger partial charge < -0.3 is 19.3 Å². The van der Waals surface area contributed by atoms with Crippen LogP contribution >= 0.6 is 0 Å². The first-order valence-electron chi connectivity index (χ1n) is 12.1. The normalized spacial score (nSPS) is 13.8. The van der Waals surface area contributed by atoms with Crippen molar-refractivity contribution in [3.8, 4) is 11.1 Å². The number of sulfonamides is 1. The second kappa shape index (κ2) is 12.2. The number of carbonyl (C=O) groups excluding carboxylic acids is 1. The molecule has 1 aliphatic rings. The van der Waals surface area contributed by atoms with Crippen LogP contribution in [0.3, 0.4) is 0 Å². The molecule has 1 fully saturated rings. The Bertz CT molecular complexity index is 1340. The second-order valence-corrected chi connectivity index (χ2v) is 10.8. The standard InChI is InChI=1S/C26H32N6O5S/c1-30(2)26-25(13-24(16-28-26)32-8-10-36-11-9-32)38(34,35)29-23-12-22(14-27-15-23)21-6-4-20(5-7-21)17-31(3)18-37-19-33/h4-7,12-16,19,29H,8-11,17-18H2,1-3H3. The molecule has 11 nitrogen and oxygen atoms in total. The zero-order valence-corrected chi connectivity index (χ0v) is 22.5. The van der Waals surface area contributed by atoms with E-state index in [9.17, 15) is 13.2 Å². The maximum atomic E-state index is 13.5. The fourth-order valence-corrected chi connectivity index (χ4v) is 5.42. The van der Waals surface area contributed by atoms with Crippen LogP contribution in [0.5, 0.6) is 0 Å². The van der Waals surface area contributed by atoms with Crippen molar-refractivity contribution in [1.29, 1.82) is 0 Å². The van der Waals surface area contributed by atoms with Crippen molar-refractivity contribution in [2.45, 2.75) is 11.4 Å². The third-order valence-corrected chi connectivity index (χ3v) is 7.38. The third kappa shape index (κ3) is 6.77. The first-order chi connectivity index (χ1) is 18.3. The number of carbonyl (C=O) groups is 1. The lowest BCUT2D eigenvalue weighted by molar-refractivity contribution is -0.132. The maximum absolute atomic E-state index is 13.5. The van der Waals surface area contributed by atoms with E-state index in [1.54, 1.807) is 43.5 Å². The number of hydrogen-bond acceptors (Lipinski definition) is 10. The number of morpholine rings is 1. The predicted octanol–water partition coefficient (Wildman–Crippen LogP) is 2.41. The highest BCUT2D eigenvalue weighted by Crippen LogP contribution is 2.30. The summed E-state index contributed by atoms with van der Waals surface area (Å²) in [5.41, 5.74) is 3.77. The molecule has 0 radical (unpaired) electrons. The lowest BCUT2D eigenvalue weighted by atomic mass is 10.1. The summed E-state index contributed by atoms with van der Waals surface area (Å²) in [6.45, 7) is 3.75. The van der Waals surface area contributed by atoms with Crippen LogP contribution in [0, 0.1) is 0 Å². The number of rotatable bonds is 11. The first kappa shape index (κ1) is 27.3. The molecule has 1 saturated heterocycles. The number of pyridine rings is 2. The van der Waals surface area contributed by atoms with Crippen molar-refractivity contribution in [2.24, 2.45) is 0 Å². The van der Waals surface area contributed by atoms with Gasteiger partial charge in [0, 0.05) is 45.5 Å². The highest BCUT2D eigenvalue weighted by molar-refractivity contribution is 7.92. The Morgan fingerprint density at radius 2 is 1.79 bits per heavy atom. The summed E-state index contributed by atoms with van der Waals surface area (Å²) in [5, 5.41) is 0. The van der Waals surface area contributed by atoms with E-state index in [1.807, 2.05) is 36.2 Å². The van der Waals surface area contributed by atoms with Crippen molar-refractivity contribution in [2.75, 3.05) is 68.7 Å². The number of hydrogen-bond donors (Lipinski definition) is 1. The first-order valence-corrected chi connectivity index (χ1v) is 13.6. The van der Waals surface area contributed by atoms with Crippen LogP contribution in [0.1, 0.15) is 5.56 Å². The summed E-state index contributed by atoms with van der Waals surface area (Å²) in [4.78, 5) is 24.8. The Labute approximate surface area is 223 Å². The molecule has 0 amide bonds. The van der Waals surface area contributed by atoms with Crippen LogP contribution in [-0.2, 0) is 30.8 Å². The van der Waals surface area contributed by atoms with Gasteiger partial charge in [-0.15, -0.1) is 0 Å². The lowest BCUT2D eigenvalue weighted by Gasteiger charge is -2.29. The molecule has 3 heterocycles. The van der Waals surface area contributed by atoms with E-state index in [1.165, 1.54) is 6.20 Å². The van der Waals surface area contributed by atoms with E-state index >= 15 is 0 Å². The zero-order valence-electron chi connectivity index (χ0n) is 21.7. The van der Waals surface area contributed by atoms with Crippen molar-refractivity contribution in [3.63, 3.8) is 0 Å². The number of anilines is 3. The van der Waals surface area contributed by atoms with Crippen molar-refractivity contribution in [1.82, 2.24) is 14.9 Å². The molecular weight excluding hydrogens is 508 g/mol. The average molecular weight is 541 g/mol. The van der Waals surface area contributed by atoms with E-state index < -0.39 is 10.0 Å². The molecule has 0 unspecified atom stereocenters. The predicted molar refractivity (Wildman–Crippen MR) is 146 cm³/mol. The summed E-state index contributed by atoms with van der Waals surface area (Å²) < 4.78 is 40.0. The van der Waals surface area contributed by atoms with Crippen molar-refractivity contribution < 1.29 is 22.7 Å². The highest BCUT2D eigenvalue weighted by atomic mass is 32.2. The Hall–Kier alpha value is -3.74. The molecule has 12 heteroatoms. The molecule has 0 atom stereocenters. The molecule has 1 aliphatic heterocycles. The van der Waals surface area contributed by atoms with Crippen molar-refractivity contribution in [3.05, 3.63) is 60.6 Å². The minimum Gasteiger partial charge on any atom is -0.452 e. The number of aromatic nitrogens is 2. The number of nitrogens with zero attached hydrogens (tertiary/aromatic N) is 5. The van der Waals surface area contributed by atoms with Crippen LogP contribution in [0.2, 0.25) is 0 Å². The van der Waals surface area contributed by atoms with Gasteiger partial charge >= 0.3 is 0 Å². The Balaban J connectivity index is 1.55. The summed E-state index contributed by atoms with van der Waals surface area (Å²) in [5.74, 6) is 0.345. The second-order valence-electron chi connectivity index (χ2n) is 9.18. The molecular formula is C26H32N6O5S. The van der Waals surface area contributed by atoms with Gasteiger partial charge in [-0.2, -0.15) is 0 Å². The van der Waals surface area contributed by atoms with E-state index in [4.69, 9.17) is 9.47 Å². The van der Waals surface area contributed by atoms with Crippen molar-refractivity contribution >= 4 is 33.7 Å². The van der Waals surface area contributed by atoms with Crippen LogP contribution < -0.4 is 14.5 Å². The Morgan fingerprint density at radius 3 is 2.47 bits per heavy atom. The fraction of sp³-hybridized carbons (Fsp3) is 0.346. The molecule has 0 saturated carbocycles. The Kier molecular flexibility index (Phi) is 8.77. The van der Waals surface area contributed by atoms with Crippen LogP contribution in [0.4, 0.5) is 17.2 Å². The molecule has 1 N–H and O–H groups in total. The van der Waals surface area contributed by atoms with Gasteiger partial charge in [-0.3, -0.25) is 19.4 Å². The number of benzene rings is 1. The largest absolute Gasteiger partial charge is 0.452 e. The Morgan fingerprint density at radius 1 is 1.05 bits per heavy atom. The molecule has 0 aliphatic carbocycles. The molecule has 0 bridgehead atoms. The minimum atomic E-state index is -3.97. The van der Waals surface area contributed by atoms with E-state index in [0.29, 0.717) is 50.8 Å². The summed E-state index contributed by atoms with van der Waals surface area (Å²) in [7, 11) is 1.40. The van der Waals surface area contributed by atoms with Gasteiger partial charge in [0.05, 0.1) is 37.0 Å². The molecule has 0 spiro atoms. The summed E-state index contributed by atoms with van der Waals surface area (Å²) in [6, 6.07) is 11.2. The molecule has 3 aromatic rings. The third-order valence-electron chi connectivity index (χ3n) is 6.00. The quantitative estimate of drug-likeness (QED) is 0.287. The van der Waals surface area contributed by atoms with E-state index in [0.717, 1.165) is 22.4 Å². The molecule has 202 valence electrons. The summed E-state index contributed by atoms with van der Waals surface area (Å²) >= 11 is 0. The van der Waals surface area contributed by atoms with Gasteiger partial charge in [0.25, 0.3) is 16.5 Å². The highest BCUT2D eigenvalue weighted by Gasteiger charge is 2.24.